The highest BCUT2D eigenvalue weighted by Crippen LogP contribution is 2.18. The maximum atomic E-state index is 12.3. The van der Waals surface area contributed by atoms with E-state index in [0.29, 0.717) is 17.2 Å². The lowest BCUT2D eigenvalue weighted by molar-refractivity contribution is -0.125. The number of benzene rings is 2. The van der Waals surface area contributed by atoms with E-state index in [2.05, 4.69) is 31.5 Å². The van der Waals surface area contributed by atoms with E-state index >= 15 is 0 Å². The quantitative estimate of drug-likeness (QED) is 0.444. The molecule has 0 radical (unpaired) electrons. The number of hydrogen-bond donors (Lipinski definition) is 5. The van der Waals surface area contributed by atoms with Gasteiger partial charge in [0.25, 0.3) is 5.91 Å². The van der Waals surface area contributed by atoms with Crippen molar-refractivity contribution in [3.63, 3.8) is 0 Å². The molecule has 0 saturated heterocycles. The molecular weight excluding hydrogens is 348 g/mol. The van der Waals surface area contributed by atoms with E-state index in [1.165, 1.54) is 0 Å². The topological polar surface area (TPSA) is 128 Å². The molecule has 3 amide bonds. The second kappa shape index (κ2) is 6.79. The third-order valence-electron chi connectivity index (χ3n) is 4.15. The molecule has 0 fully saturated rings. The number of H-pyrrole nitrogens is 1. The van der Waals surface area contributed by atoms with Gasteiger partial charge in [0.1, 0.15) is 6.04 Å². The first kappa shape index (κ1) is 16.6. The largest absolute Gasteiger partial charge is 0.340 e. The third-order valence-corrected chi connectivity index (χ3v) is 4.15. The summed E-state index contributed by atoms with van der Waals surface area (Å²) in [6, 6.07) is 13.1. The van der Waals surface area contributed by atoms with Crippen LogP contribution in [0.25, 0.3) is 11.0 Å². The molecule has 0 bridgehead atoms. The number of nitrogens with zero attached hydrogens (tertiary/aromatic N) is 1. The minimum absolute atomic E-state index is 0.223. The third kappa shape index (κ3) is 3.43. The summed E-state index contributed by atoms with van der Waals surface area (Å²) in [5.74, 6) is -0.965. The van der Waals surface area contributed by atoms with Crippen molar-refractivity contribution in [2.45, 2.75) is 12.5 Å². The average Bonchev–Trinajstić information content (AvgIpc) is 3.04. The molecule has 1 aromatic heterocycles. The molecule has 0 unspecified atom stereocenters. The molecule has 136 valence electrons. The van der Waals surface area contributed by atoms with Crippen molar-refractivity contribution in [1.29, 1.82) is 0 Å². The smallest absolute Gasteiger partial charge is 0.254 e. The number of amides is 3. The Hall–Kier alpha value is -3.88. The average molecular weight is 364 g/mol. The number of carbonyl (C=O) groups excluding carboxylic acids is 3. The molecular formula is C18H16N6O3. The van der Waals surface area contributed by atoms with E-state index in [4.69, 9.17) is 0 Å². The lowest BCUT2D eigenvalue weighted by Gasteiger charge is -2.14. The minimum Gasteiger partial charge on any atom is -0.340 e. The van der Waals surface area contributed by atoms with Gasteiger partial charge >= 0.3 is 0 Å². The predicted octanol–water partition coefficient (Wildman–Crippen LogP) is 1.15. The number of hydrazine groups is 1. The molecule has 27 heavy (non-hydrogen) atoms. The van der Waals surface area contributed by atoms with Crippen LogP contribution < -0.4 is 21.5 Å². The number of hydrogen-bond acceptors (Lipinski definition) is 5. The highest BCUT2D eigenvalue weighted by molar-refractivity contribution is 6.10. The van der Waals surface area contributed by atoms with Crippen LogP contribution in [0.4, 0.5) is 11.6 Å². The number of imidazole rings is 1. The Morgan fingerprint density at radius 1 is 1.07 bits per heavy atom. The number of para-hydroxylation sites is 3. The summed E-state index contributed by atoms with van der Waals surface area (Å²) in [7, 11) is 0. The summed E-state index contributed by atoms with van der Waals surface area (Å²) in [5.41, 5.74) is 7.49. The van der Waals surface area contributed by atoms with Crippen LogP contribution >= 0.6 is 0 Å². The van der Waals surface area contributed by atoms with Gasteiger partial charge in [-0.05, 0) is 24.3 Å². The predicted molar refractivity (Wildman–Crippen MR) is 98.8 cm³/mol. The number of carbonyl (C=O) groups is 3. The molecule has 1 aliphatic rings. The van der Waals surface area contributed by atoms with E-state index in [0.717, 1.165) is 11.0 Å². The highest BCUT2D eigenvalue weighted by atomic mass is 16.2. The Bertz CT molecular complexity index is 1010. The number of fused-ring (bicyclic) bond motifs is 2. The van der Waals surface area contributed by atoms with Crippen LogP contribution in [0.15, 0.2) is 48.5 Å². The van der Waals surface area contributed by atoms with Crippen LogP contribution in [-0.2, 0) is 9.59 Å². The lowest BCUT2D eigenvalue weighted by Crippen LogP contribution is -2.45. The number of aromatic nitrogens is 2. The van der Waals surface area contributed by atoms with Gasteiger partial charge in [0.05, 0.1) is 28.7 Å². The first-order chi connectivity index (χ1) is 13.1. The van der Waals surface area contributed by atoms with E-state index < -0.39 is 23.8 Å². The maximum Gasteiger partial charge on any atom is 0.254 e. The normalized spacial score (nSPS) is 16.1. The fraction of sp³-hybridized carbons (Fsp3) is 0.111. The minimum atomic E-state index is -0.984. The van der Waals surface area contributed by atoms with Crippen LogP contribution in [0.2, 0.25) is 0 Å². The molecule has 9 heteroatoms. The molecule has 1 aliphatic heterocycles. The number of anilines is 2. The molecule has 2 heterocycles. The van der Waals surface area contributed by atoms with Crippen molar-refractivity contribution in [2.24, 2.45) is 0 Å². The number of rotatable bonds is 4. The zero-order chi connectivity index (χ0) is 18.8. The van der Waals surface area contributed by atoms with Gasteiger partial charge in [-0.3, -0.25) is 25.2 Å². The lowest BCUT2D eigenvalue weighted by atomic mass is 10.1. The van der Waals surface area contributed by atoms with Crippen molar-refractivity contribution < 1.29 is 14.4 Å². The Labute approximate surface area is 153 Å². The van der Waals surface area contributed by atoms with Crippen molar-refractivity contribution >= 4 is 40.4 Å². The van der Waals surface area contributed by atoms with Crippen molar-refractivity contribution in [3.05, 3.63) is 54.1 Å². The molecule has 9 nitrogen and oxygen atoms in total. The Morgan fingerprint density at radius 3 is 2.70 bits per heavy atom. The molecule has 1 atom stereocenters. The van der Waals surface area contributed by atoms with Crippen LogP contribution in [0.5, 0.6) is 0 Å². The number of aromatic amines is 1. The molecule has 3 aromatic rings. The van der Waals surface area contributed by atoms with E-state index in [1.54, 1.807) is 24.3 Å². The number of nitrogens with one attached hydrogen (secondary N) is 5. The summed E-state index contributed by atoms with van der Waals surface area (Å²) in [4.78, 5) is 44.0. The first-order valence-electron chi connectivity index (χ1n) is 8.30. The fourth-order valence-electron chi connectivity index (χ4n) is 2.83. The van der Waals surface area contributed by atoms with Gasteiger partial charge < -0.3 is 15.6 Å². The molecule has 2 aromatic carbocycles. The zero-order valence-electron chi connectivity index (χ0n) is 14.1. The van der Waals surface area contributed by atoms with Gasteiger partial charge in [0.2, 0.25) is 17.8 Å². The Morgan fingerprint density at radius 2 is 1.85 bits per heavy atom. The van der Waals surface area contributed by atoms with Gasteiger partial charge in [0.15, 0.2) is 0 Å². The fourth-order valence-corrected chi connectivity index (χ4v) is 2.83. The monoisotopic (exact) mass is 364 g/mol. The van der Waals surface area contributed by atoms with Crippen molar-refractivity contribution in [3.8, 4) is 0 Å². The molecule has 4 rings (SSSR count). The van der Waals surface area contributed by atoms with E-state index in [-0.39, 0.29) is 6.42 Å². The second-order valence-electron chi connectivity index (χ2n) is 6.04. The standard InChI is InChI=1S/C18H16N6O3/c25-15(23-24-18-21-12-7-3-4-8-13(12)22-18)9-14-17(27)19-11-6-2-1-5-10(11)16(26)20-14/h1-8,14H,9H2,(H,19,27)(H,20,26)(H,23,25)(H2,21,22,24)/t14-/m0/s1. The van der Waals surface area contributed by atoms with Gasteiger partial charge in [-0.1, -0.05) is 24.3 Å². The van der Waals surface area contributed by atoms with Gasteiger partial charge in [0, 0.05) is 0 Å². The van der Waals surface area contributed by atoms with Crippen molar-refractivity contribution in [1.82, 2.24) is 20.7 Å². The summed E-state index contributed by atoms with van der Waals surface area (Å²) in [6.07, 6.45) is -0.223. The van der Waals surface area contributed by atoms with Crippen LogP contribution in [0.1, 0.15) is 16.8 Å². The summed E-state index contributed by atoms with van der Waals surface area (Å²) in [6.45, 7) is 0. The van der Waals surface area contributed by atoms with E-state index in [9.17, 15) is 14.4 Å². The van der Waals surface area contributed by atoms with Crippen molar-refractivity contribution in [2.75, 3.05) is 10.7 Å². The molecule has 0 spiro atoms. The first-order valence-corrected chi connectivity index (χ1v) is 8.30. The summed E-state index contributed by atoms with van der Waals surface area (Å²) in [5, 5.41) is 5.23. The Balaban J connectivity index is 1.39. The molecule has 5 N–H and O–H groups in total. The Kier molecular flexibility index (Phi) is 4.17. The van der Waals surface area contributed by atoms with Gasteiger partial charge in [-0.2, -0.15) is 0 Å². The highest BCUT2D eigenvalue weighted by Gasteiger charge is 2.29. The molecule has 0 saturated carbocycles. The zero-order valence-corrected chi connectivity index (χ0v) is 14.1. The van der Waals surface area contributed by atoms with Gasteiger partial charge in [-0.15, -0.1) is 0 Å². The second-order valence-corrected chi connectivity index (χ2v) is 6.04. The summed E-state index contributed by atoms with van der Waals surface area (Å²) >= 11 is 0. The molecule has 0 aliphatic carbocycles. The van der Waals surface area contributed by atoms with Crippen LogP contribution in [0, 0.1) is 0 Å². The maximum absolute atomic E-state index is 12.3. The SMILES string of the molecule is O=C(C[C@@H]1NC(=O)c2ccccc2NC1=O)NNc1nc2ccccc2[nH]1. The van der Waals surface area contributed by atoms with E-state index in [1.807, 2.05) is 24.3 Å². The summed E-state index contributed by atoms with van der Waals surface area (Å²) < 4.78 is 0. The van der Waals surface area contributed by atoms with Crippen LogP contribution in [-0.4, -0.2) is 33.7 Å². The van der Waals surface area contributed by atoms with Gasteiger partial charge in [-0.25, -0.2) is 4.98 Å². The van der Waals surface area contributed by atoms with Crippen LogP contribution in [0.3, 0.4) is 0 Å².